The van der Waals surface area contributed by atoms with Gasteiger partial charge in [-0.3, -0.25) is 0 Å². The molecule has 2 unspecified atom stereocenters. The largest absolute Gasteiger partial charge is 0.455 e. The molecule has 0 spiro atoms. The number of aliphatic hydroxyl groups is 6. The van der Waals surface area contributed by atoms with Crippen LogP contribution < -0.4 is 0 Å². The molecular formula is C83H216O22Si22. The third kappa shape index (κ3) is 68.7. The topological polar surface area (TPSA) is 269 Å². The fourth-order valence-corrected chi connectivity index (χ4v) is 119. The summed E-state index contributed by atoms with van der Waals surface area (Å²) in [5.74, 6) is 0. The Morgan fingerprint density at radius 2 is 0.283 bits per heavy atom. The first-order chi connectivity index (χ1) is 56.0. The molecule has 0 aromatic carbocycles. The molecule has 0 rings (SSSR count). The van der Waals surface area contributed by atoms with E-state index >= 15 is 0 Å². The van der Waals surface area contributed by atoms with Gasteiger partial charge in [-0.25, -0.2) is 0 Å². The molecule has 2 atom stereocenters. The SMILES string of the molecule is CCCC[Si](C)(C)O[Si](C)(C)CCCC(CO)(CO)CCC[Si](C)(C)O[Si](C)(C)CCCC.C[Si](C)(C)O[Si](C)(C)O[Si](C)(CCCC(CO)(CO)CCC[Si](C)(O[Si](C)(C)C)O[Si](C)(C)O[Si](C)(C)C)O[Si](C)(C)C.C[Si](C)(C)O[Si](C)(C)O[Si](C)(CCCC(CO)(CO)CCC[Si](C)(O[Si](C)(C)O[Si](C)(C)C)O[Si](C)(C)O[Si](C)(C)C)O[Si](C)(C)O[Si](C)(C)C. The Balaban J connectivity index is -0.00000186. The van der Waals surface area contributed by atoms with Gasteiger partial charge in [0.15, 0.2) is 99.8 Å². The molecule has 0 saturated carbocycles. The molecule has 0 radical (unpaired) electrons. The second-order valence-corrected chi connectivity index (χ2v) is 142. The zero-order valence-corrected chi connectivity index (χ0v) is 115. The minimum atomic E-state index is -2.79. The van der Waals surface area contributed by atoms with Crippen molar-refractivity contribution in [2.75, 3.05) is 39.6 Å². The lowest BCUT2D eigenvalue weighted by Crippen LogP contribution is -2.59. The predicted molar refractivity (Wildman–Crippen MR) is 599 cm³/mol. The second kappa shape index (κ2) is 54.0. The van der Waals surface area contributed by atoms with Crippen LogP contribution in [0.2, 0.25) is 363 Å². The van der Waals surface area contributed by atoms with Gasteiger partial charge < -0.3 is 96.5 Å². The Morgan fingerprint density at radius 1 is 0.157 bits per heavy atom. The van der Waals surface area contributed by atoms with Gasteiger partial charge in [0.1, 0.15) is 0 Å². The summed E-state index contributed by atoms with van der Waals surface area (Å²) in [4.78, 5) is 0. The molecule has 127 heavy (non-hydrogen) atoms. The van der Waals surface area contributed by atoms with Crippen LogP contribution in [0.5, 0.6) is 0 Å². The molecule has 0 aromatic heterocycles. The van der Waals surface area contributed by atoms with E-state index in [0.29, 0.717) is 25.7 Å². The summed E-state index contributed by atoms with van der Waals surface area (Å²) in [6, 6.07) is 7.79. The normalized spacial score (nSPS) is 15.9. The van der Waals surface area contributed by atoms with Crippen molar-refractivity contribution in [2.24, 2.45) is 16.2 Å². The Hall–Kier alpha value is 3.89. The fourth-order valence-electron chi connectivity index (χ4n) is 18.8. The van der Waals surface area contributed by atoms with Crippen LogP contribution in [0.4, 0.5) is 0 Å². The predicted octanol–water partition coefficient (Wildman–Crippen LogP) is 26.4. The zero-order valence-electron chi connectivity index (χ0n) is 92.9. The molecule has 0 aromatic rings. The molecule has 0 amide bonds. The Bertz CT molecular complexity index is 2770. The molecule has 6 N–H and O–H groups in total. The number of aliphatic hydroxyl groups excluding tert-OH is 6. The van der Waals surface area contributed by atoms with E-state index < -0.39 is 196 Å². The monoisotopic (exact) mass is 2180 g/mol. The molecule has 0 aliphatic rings. The van der Waals surface area contributed by atoms with Crippen LogP contribution in [-0.4, -0.2) is 256 Å². The molecule has 0 heterocycles. The van der Waals surface area contributed by atoms with E-state index in [1.807, 2.05) is 0 Å². The fraction of sp³-hybridized carbons (Fsp3) is 1.00. The van der Waals surface area contributed by atoms with Crippen LogP contribution in [-0.2, 0) is 65.8 Å². The average molecular weight is 2180 g/mol. The maximum atomic E-state index is 10.8. The van der Waals surface area contributed by atoms with Gasteiger partial charge in [0.25, 0.3) is 0 Å². The van der Waals surface area contributed by atoms with Gasteiger partial charge in [-0.2, -0.15) is 0 Å². The molecule has 0 bridgehead atoms. The van der Waals surface area contributed by atoms with Gasteiger partial charge in [-0.1, -0.05) is 78.1 Å². The highest BCUT2D eigenvalue weighted by atomic mass is 28.5. The van der Waals surface area contributed by atoms with Crippen LogP contribution in [0.1, 0.15) is 117 Å². The Morgan fingerprint density at radius 3 is 0.409 bits per heavy atom. The lowest BCUT2D eigenvalue weighted by Gasteiger charge is -2.43. The van der Waals surface area contributed by atoms with Crippen molar-refractivity contribution in [2.45, 2.75) is 479 Å². The van der Waals surface area contributed by atoms with Gasteiger partial charge in [-0.15, -0.1) is 0 Å². The van der Waals surface area contributed by atoms with E-state index in [1.54, 1.807) is 0 Å². The molecule has 44 heteroatoms. The highest BCUT2D eigenvalue weighted by molar-refractivity contribution is 6.94. The van der Waals surface area contributed by atoms with Crippen molar-refractivity contribution >= 4 is 185 Å². The Kier molecular flexibility index (Phi) is 57.4. The summed E-state index contributed by atoms with van der Waals surface area (Å²) in [5, 5.41) is 63.2. The lowest BCUT2D eigenvalue weighted by molar-refractivity contribution is 0.0376. The summed E-state index contributed by atoms with van der Waals surface area (Å²) < 4.78 is 108. The van der Waals surface area contributed by atoms with Gasteiger partial charge in [0.2, 0.25) is 0 Å². The van der Waals surface area contributed by atoms with Gasteiger partial charge >= 0.3 is 85.6 Å². The maximum absolute atomic E-state index is 10.8. The van der Waals surface area contributed by atoms with E-state index in [0.717, 1.165) is 87.6 Å². The molecular weight excluding hydrogens is 1970 g/mol. The van der Waals surface area contributed by atoms with Crippen LogP contribution in [0.3, 0.4) is 0 Å². The van der Waals surface area contributed by atoms with Crippen molar-refractivity contribution in [3.05, 3.63) is 0 Å². The first-order valence-electron chi connectivity index (χ1n) is 48.9. The summed E-state index contributed by atoms with van der Waals surface area (Å²) >= 11 is 0. The van der Waals surface area contributed by atoms with Crippen molar-refractivity contribution in [1.82, 2.24) is 0 Å². The average Bonchev–Trinajstić information content (AvgIpc) is 0.812. The molecule has 0 aliphatic carbocycles. The standard InChI is InChI=1S/C31H84O10Si10.C27H72O8Si8.C25H60O4Si4/c1-42(2,3)34-46(13,14)38-50(21,39-47(15,16)35-43(4,5)6)27-23-25-31(29-32,30-33)26-24-28-51(22,40-48(17,18)36-44(7,8)9)41-49(19,20)37-45(10,11)12;1-36(2,3)30-40(13,14)34-42(17,32-38(7,8)9)23-19-21-27(25-28,26-29)22-20-24-43(18,33-39(10,11)12)35-41(15,16)31-37(4,5)6;1-11-13-19-30(3,4)28-32(7,8)21-15-17-25(23-26,24-27)18-16-22-33(9,10)29-31(5,6)20-14-12-2/h32-33H,23-30H2,1-22H3;28-29H,19-26H2,1-18H3;26-27H,11-24H2,1-10H3. The van der Waals surface area contributed by atoms with Crippen molar-refractivity contribution in [3.8, 4) is 0 Å². The Labute approximate surface area is 810 Å². The number of rotatable bonds is 68. The van der Waals surface area contributed by atoms with E-state index in [4.69, 9.17) is 65.8 Å². The van der Waals surface area contributed by atoms with E-state index in [1.165, 1.54) is 37.8 Å². The van der Waals surface area contributed by atoms with Crippen LogP contribution in [0, 0.1) is 16.2 Å². The second-order valence-electron chi connectivity index (χ2n) is 51.3. The zero-order chi connectivity index (χ0) is 101. The smallest absolute Gasteiger partial charge is 0.317 e. The number of hydrogen-bond donors (Lipinski definition) is 6. The van der Waals surface area contributed by atoms with E-state index in [9.17, 15) is 30.6 Å². The first-order valence-corrected chi connectivity index (χ1v) is 116. The number of unbranched alkanes of at least 4 members (excludes halogenated alkanes) is 2. The van der Waals surface area contributed by atoms with Crippen molar-refractivity contribution in [1.29, 1.82) is 0 Å². The molecule has 0 fully saturated rings. The van der Waals surface area contributed by atoms with E-state index in [-0.39, 0.29) is 45.1 Å². The van der Waals surface area contributed by atoms with Gasteiger partial charge in [-0.05, 0) is 401 Å². The third-order valence-corrected chi connectivity index (χ3v) is 98.0. The summed E-state index contributed by atoms with van der Waals surface area (Å²) in [5.41, 5.74) is -1.57. The lowest BCUT2D eigenvalue weighted by atomic mass is 9.81. The molecule has 0 saturated heterocycles. The quantitative estimate of drug-likeness (QED) is 0.0309. The highest BCUT2D eigenvalue weighted by Crippen LogP contribution is 2.42. The van der Waals surface area contributed by atoms with Crippen LogP contribution in [0.25, 0.3) is 0 Å². The molecule has 22 nitrogen and oxygen atoms in total. The summed E-state index contributed by atoms with van der Waals surface area (Å²) in [6.07, 6.45) is 14.7. The van der Waals surface area contributed by atoms with Crippen LogP contribution in [0.15, 0.2) is 0 Å². The number of hydrogen-bond acceptors (Lipinski definition) is 22. The molecule has 768 valence electrons. The minimum Gasteiger partial charge on any atom is -0.455 e. The molecule has 0 aliphatic heterocycles. The van der Waals surface area contributed by atoms with Gasteiger partial charge in [0, 0.05) is 16.2 Å². The summed E-state index contributed by atoms with van der Waals surface area (Å²) in [6.45, 7) is 110. The third-order valence-electron chi connectivity index (χ3n) is 20.8. The summed E-state index contributed by atoms with van der Waals surface area (Å²) in [7, 11) is -46.8. The van der Waals surface area contributed by atoms with Crippen LogP contribution >= 0.6 is 0 Å². The van der Waals surface area contributed by atoms with Gasteiger partial charge in [0.05, 0.1) is 39.6 Å². The van der Waals surface area contributed by atoms with E-state index in [2.05, 4.69) is 328 Å². The first kappa shape index (κ1) is 135. The highest BCUT2D eigenvalue weighted by Gasteiger charge is 2.53. The van der Waals surface area contributed by atoms with Crippen molar-refractivity contribution < 1.29 is 96.5 Å². The van der Waals surface area contributed by atoms with Crippen molar-refractivity contribution in [3.63, 3.8) is 0 Å². The maximum Gasteiger partial charge on any atom is 0.317 e. The minimum absolute atomic E-state index is 0.0521.